The van der Waals surface area contributed by atoms with Gasteiger partial charge in [0.25, 0.3) is 0 Å². The van der Waals surface area contributed by atoms with Crippen LogP contribution in [0.15, 0.2) is 0 Å². The lowest BCUT2D eigenvalue weighted by Crippen LogP contribution is -2.47. The van der Waals surface area contributed by atoms with Gasteiger partial charge in [-0.25, -0.2) is 0 Å². The van der Waals surface area contributed by atoms with E-state index in [-0.39, 0.29) is 0 Å². The Bertz CT molecular complexity index is 258. The molecule has 0 heterocycles. The zero-order chi connectivity index (χ0) is 10.2. The third kappa shape index (κ3) is 1.19. The van der Waals surface area contributed by atoms with Crippen LogP contribution in [0.2, 0.25) is 0 Å². The minimum Gasteiger partial charge on any atom is -0.388 e. The molecule has 0 aromatic heterocycles. The van der Waals surface area contributed by atoms with Crippen LogP contribution in [0, 0.1) is 22.7 Å². The first kappa shape index (κ1) is 9.98. The molecule has 0 amide bonds. The number of rotatable bonds is 3. The van der Waals surface area contributed by atoms with E-state index in [0.29, 0.717) is 5.92 Å². The van der Waals surface area contributed by atoms with Gasteiger partial charge in [0, 0.05) is 0 Å². The third-order valence-electron chi connectivity index (χ3n) is 4.29. The predicted molar refractivity (Wildman–Crippen MR) is 54.5 cm³/mol. The second kappa shape index (κ2) is 3.24. The van der Waals surface area contributed by atoms with Crippen LogP contribution < -0.4 is 0 Å². The average Bonchev–Trinajstić information content (AvgIpc) is 2.96. The van der Waals surface area contributed by atoms with E-state index in [1.165, 1.54) is 0 Å². The largest absolute Gasteiger partial charge is 0.388 e. The minimum absolute atomic E-state index is 0.408. The summed E-state index contributed by atoms with van der Waals surface area (Å²) in [6.45, 7) is 2.02. The van der Waals surface area contributed by atoms with E-state index < -0.39 is 11.0 Å². The maximum atomic E-state index is 10.7. The summed E-state index contributed by atoms with van der Waals surface area (Å²) in [4.78, 5) is 0. The maximum Gasteiger partial charge on any atom is 0.0862 e. The number of nitrogens with zero attached hydrogens (tertiary/aromatic N) is 1. The fourth-order valence-electron chi connectivity index (χ4n) is 3.20. The molecule has 0 radical (unpaired) electrons. The topological polar surface area (TPSA) is 44.0 Å². The summed E-state index contributed by atoms with van der Waals surface area (Å²) in [6.07, 6.45) is 7.02. The molecule has 2 nitrogen and oxygen atoms in total. The summed E-state index contributed by atoms with van der Waals surface area (Å²) in [5.74, 6) is 0.408. The van der Waals surface area contributed by atoms with Crippen LogP contribution >= 0.6 is 0 Å². The molecular weight excluding hydrogens is 174 g/mol. The first-order valence-electron chi connectivity index (χ1n) is 5.82. The lowest BCUT2D eigenvalue weighted by Gasteiger charge is -2.40. The van der Waals surface area contributed by atoms with E-state index in [2.05, 4.69) is 6.07 Å². The molecule has 2 aliphatic carbocycles. The molecule has 0 aromatic rings. The van der Waals surface area contributed by atoms with Crippen molar-refractivity contribution >= 4 is 0 Å². The fourth-order valence-corrected chi connectivity index (χ4v) is 3.20. The van der Waals surface area contributed by atoms with Gasteiger partial charge in [0.1, 0.15) is 0 Å². The SMILES string of the molecule is CCC(O)(C1CC1)C1(C#N)CCCC1. The van der Waals surface area contributed by atoms with E-state index in [4.69, 9.17) is 0 Å². The Morgan fingerprint density at radius 2 is 2.00 bits per heavy atom. The molecule has 0 spiro atoms. The van der Waals surface area contributed by atoms with Gasteiger partial charge in [-0.15, -0.1) is 0 Å². The molecule has 78 valence electrons. The lowest BCUT2D eigenvalue weighted by atomic mass is 9.67. The number of nitriles is 1. The first-order valence-corrected chi connectivity index (χ1v) is 5.82. The number of hydrogen-bond acceptors (Lipinski definition) is 2. The van der Waals surface area contributed by atoms with Gasteiger partial charge in [0.05, 0.1) is 17.1 Å². The molecule has 1 unspecified atom stereocenters. The second-order valence-electron chi connectivity index (χ2n) is 4.95. The van der Waals surface area contributed by atoms with Crippen molar-refractivity contribution in [1.82, 2.24) is 0 Å². The molecule has 2 rings (SSSR count). The molecule has 0 aromatic carbocycles. The molecule has 2 fully saturated rings. The Balaban J connectivity index is 2.28. The van der Waals surface area contributed by atoms with Crippen molar-refractivity contribution in [1.29, 1.82) is 5.26 Å². The summed E-state index contributed by atoms with van der Waals surface area (Å²) in [5, 5.41) is 20.0. The highest BCUT2D eigenvalue weighted by molar-refractivity contribution is 5.17. The van der Waals surface area contributed by atoms with Crippen LogP contribution in [0.25, 0.3) is 0 Å². The van der Waals surface area contributed by atoms with E-state index >= 15 is 0 Å². The van der Waals surface area contributed by atoms with Crippen LogP contribution in [0.1, 0.15) is 51.9 Å². The summed E-state index contributed by atoms with van der Waals surface area (Å²) >= 11 is 0. The van der Waals surface area contributed by atoms with E-state index in [1.54, 1.807) is 0 Å². The number of aliphatic hydroxyl groups is 1. The first-order chi connectivity index (χ1) is 6.68. The lowest BCUT2D eigenvalue weighted by molar-refractivity contribution is -0.0750. The van der Waals surface area contributed by atoms with Crippen molar-refractivity contribution in [2.45, 2.75) is 57.5 Å². The standard InChI is InChI=1S/C12H19NO/c1-2-12(14,10-5-6-10)11(9-13)7-3-4-8-11/h10,14H,2-8H2,1H3. The third-order valence-corrected chi connectivity index (χ3v) is 4.29. The second-order valence-corrected chi connectivity index (χ2v) is 4.95. The highest BCUT2D eigenvalue weighted by Gasteiger charge is 2.58. The van der Waals surface area contributed by atoms with Crippen molar-refractivity contribution in [3.8, 4) is 6.07 Å². The Labute approximate surface area is 85.9 Å². The summed E-state index contributed by atoms with van der Waals surface area (Å²) < 4.78 is 0. The smallest absolute Gasteiger partial charge is 0.0862 e. The highest BCUT2D eigenvalue weighted by atomic mass is 16.3. The van der Waals surface area contributed by atoms with Crippen LogP contribution in [0.4, 0.5) is 0 Å². The van der Waals surface area contributed by atoms with Crippen LogP contribution in [-0.4, -0.2) is 10.7 Å². The van der Waals surface area contributed by atoms with Crippen LogP contribution in [-0.2, 0) is 0 Å². The van der Waals surface area contributed by atoms with Crippen molar-refractivity contribution in [2.75, 3.05) is 0 Å². The predicted octanol–water partition coefficient (Wildman–Crippen LogP) is 2.62. The molecule has 2 saturated carbocycles. The molecular formula is C12H19NO. The zero-order valence-electron chi connectivity index (χ0n) is 8.92. The Morgan fingerprint density at radius 3 is 2.36 bits per heavy atom. The van der Waals surface area contributed by atoms with E-state index in [0.717, 1.165) is 44.9 Å². The summed E-state index contributed by atoms with van der Waals surface area (Å²) in [7, 11) is 0. The van der Waals surface area contributed by atoms with Crippen LogP contribution in [0.3, 0.4) is 0 Å². The van der Waals surface area contributed by atoms with Crippen molar-refractivity contribution in [3.05, 3.63) is 0 Å². The van der Waals surface area contributed by atoms with Gasteiger partial charge in [-0.1, -0.05) is 19.8 Å². The maximum absolute atomic E-state index is 10.7. The van der Waals surface area contributed by atoms with Crippen LogP contribution in [0.5, 0.6) is 0 Å². The van der Waals surface area contributed by atoms with Crippen molar-refractivity contribution < 1.29 is 5.11 Å². The molecule has 0 aliphatic heterocycles. The quantitative estimate of drug-likeness (QED) is 0.748. The van der Waals surface area contributed by atoms with Crippen molar-refractivity contribution in [2.24, 2.45) is 11.3 Å². The van der Waals surface area contributed by atoms with Gasteiger partial charge in [0.2, 0.25) is 0 Å². The zero-order valence-corrected chi connectivity index (χ0v) is 8.92. The van der Waals surface area contributed by atoms with Gasteiger partial charge in [-0.2, -0.15) is 5.26 Å². The van der Waals surface area contributed by atoms with Gasteiger partial charge >= 0.3 is 0 Å². The average molecular weight is 193 g/mol. The van der Waals surface area contributed by atoms with E-state index in [9.17, 15) is 10.4 Å². The summed E-state index contributed by atoms with van der Waals surface area (Å²) in [6, 6.07) is 2.44. The molecule has 2 heteroatoms. The Morgan fingerprint density at radius 1 is 1.43 bits per heavy atom. The van der Waals surface area contributed by atoms with Gasteiger partial charge in [-0.05, 0) is 38.0 Å². The number of hydrogen-bond donors (Lipinski definition) is 1. The van der Waals surface area contributed by atoms with Gasteiger partial charge in [-0.3, -0.25) is 0 Å². The molecule has 1 N–H and O–H groups in total. The molecule has 0 bridgehead atoms. The molecule has 1 atom stereocenters. The fraction of sp³-hybridized carbons (Fsp3) is 0.917. The van der Waals surface area contributed by atoms with E-state index in [1.807, 2.05) is 6.92 Å². The Hall–Kier alpha value is -0.550. The summed E-state index contributed by atoms with van der Waals surface area (Å²) in [5.41, 5.74) is -1.10. The Kier molecular flexibility index (Phi) is 2.31. The molecule has 14 heavy (non-hydrogen) atoms. The van der Waals surface area contributed by atoms with Gasteiger partial charge in [0.15, 0.2) is 0 Å². The normalized spacial score (nSPS) is 29.5. The monoisotopic (exact) mass is 193 g/mol. The molecule has 2 aliphatic rings. The van der Waals surface area contributed by atoms with Gasteiger partial charge < -0.3 is 5.11 Å². The molecule has 0 saturated heterocycles. The van der Waals surface area contributed by atoms with Crippen molar-refractivity contribution in [3.63, 3.8) is 0 Å². The minimum atomic E-state index is -0.682. The highest BCUT2D eigenvalue weighted by Crippen LogP contribution is 2.56.